The van der Waals surface area contributed by atoms with Crippen molar-refractivity contribution in [1.82, 2.24) is 24.5 Å². The fourth-order valence-corrected chi connectivity index (χ4v) is 4.47. The topological polar surface area (TPSA) is 79.4 Å². The highest BCUT2D eigenvalue weighted by molar-refractivity contribution is 6.01. The number of rotatable bonds is 2. The van der Waals surface area contributed by atoms with Crippen molar-refractivity contribution in [3.8, 4) is 0 Å². The number of aromatic amines is 1. The summed E-state index contributed by atoms with van der Waals surface area (Å²) >= 11 is 0. The van der Waals surface area contributed by atoms with Gasteiger partial charge in [0.25, 0.3) is 5.91 Å². The summed E-state index contributed by atoms with van der Waals surface area (Å²) in [5, 5.41) is 5.40. The molecule has 5 aromatic rings. The van der Waals surface area contributed by atoms with Gasteiger partial charge in [-0.05, 0) is 25.1 Å². The summed E-state index contributed by atoms with van der Waals surface area (Å²) in [7, 11) is 0. The minimum Gasteiger partial charge on any atom is -0.458 e. The second kappa shape index (κ2) is 6.32. The molecule has 1 atom stereocenters. The summed E-state index contributed by atoms with van der Waals surface area (Å²) < 4.78 is 8.00. The molecular formula is C23H19N5O2. The molecule has 0 saturated heterocycles. The monoisotopic (exact) mass is 397 g/mol. The van der Waals surface area contributed by atoms with Gasteiger partial charge in [-0.1, -0.05) is 24.3 Å². The summed E-state index contributed by atoms with van der Waals surface area (Å²) in [4.78, 5) is 23.4. The van der Waals surface area contributed by atoms with Gasteiger partial charge in [-0.25, -0.2) is 9.50 Å². The van der Waals surface area contributed by atoms with E-state index in [1.165, 1.54) is 0 Å². The van der Waals surface area contributed by atoms with E-state index in [2.05, 4.69) is 15.1 Å². The average Bonchev–Trinajstić information content (AvgIpc) is 3.50. The van der Waals surface area contributed by atoms with Crippen molar-refractivity contribution in [3.05, 3.63) is 89.5 Å². The minimum atomic E-state index is -0.390. The van der Waals surface area contributed by atoms with Gasteiger partial charge in [0.15, 0.2) is 0 Å². The van der Waals surface area contributed by atoms with Crippen molar-refractivity contribution in [1.29, 1.82) is 0 Å². The number of amides is 1. The Morgan fingerprint density at radius 3 is 2.97 bits per heavy atom. The first-order valence-electron chi connectivity index (χ1n) is 9.96. The van der Waals surface area contributed by atoms with Gasteiger partial charge in [-0.3, -0.25) is 4.79 Å². The number of imidazole rings is 1. The predicted octanol–water partition coefficient (Wildman–Crippen LogP) is 3.90. The third kappa shape index (κ3) is 2.35. The Balaban J connectivity index is 1.52. The number of carbonyl (C=O) groups is 1. The van der Waals surface area contributed by atoms with Gasteiger partial charge in [0.05, 0.1) is 29.3 Å². The van der Waals surface area contributed by atoms with Crippen LogP contribution in [0.2, 0.25) is 0 Å². The largest absolute Gasteiger partial charge is 0.458 e. The van der Waals surface area contributed by atoms with Gasteiger partial charge in [-0.15, -0.1) is 0 Å². The Bertz CT molecular complexity index is 1410. The summed E-state index contributed by atoms with van der Waals surface area (Å²) in [5.74, 6) is 0.684. The molecule has 7 nitrogen and oxygen atoms in total. The summed E-state index contributed by atoms with van der Waals surface area (Å²) in [5.41, 5.74) is 5.10. The van der Waals surface area contributed by atoms with E-state index in [9.17, 15) is 4.79 Å². The van der Waals surface area contributed by atoms with E-state index in [1.807, 2.05) is 60.5 Å². The lowest BCUT2D eigenvalue weighted by Gasteiger charge is -2.34. The third-order valence-corrected chi connectivity index (χ3v) is 5.97. The van der Waals surface area contributed by atoms with Gasteiger partial charge >= 0.3 is 0 Å². The SMILES string of the molecule is Cc1c([C@H]2c3nc[nH]c3CCN2C(=O)c2cnn3ccccc23)oc2ccccc12. The van der Waals surface area contributed by atoms with E-state index < -0.39 is 6.04 Å². The van der Waals surface area contributed by atoms with Crippen LogP contribution in [-0.2, 0) is 6.42 Å². The minimum absolute atomic E-state index is 0.0743. The predicted molar refractivity (Wildman–Crippen MR) is 111 cm³/mol. The van der Waals surface area contributed by atoms with Crippen LogP contribution in [0.15, 0.2) is 65.6 Å². The second-order valence-electron chi connectivity index (χ2n) is 7.59. The number of aromatic nitrogens is 4. The number of hydrogen-bond donors (Lipinski definition) is 1. The number of pyridine rings is 1. The van der Waals surface area contributed by atoms with Crippen molar-refractivity contribution in [3.63, 3.8) is 0 Å². The molecule has 4 aromatic heterocycles. The Morgan fingerprint density at radius 2 is 2.07 bits per heavy atom. The van der Waals surface area contributed by atoms with Crippen LogP contribution in [0.3, 0.4) is 0 Å². The fourth-order valence-electron chi connectivity index (χ4n) is 4.47. The lowest BCUT2D eigenvalue weighted by molar-refractivity contribution is 0.0674. The molecule has 0 aliphatic carbocycles. The third-order valence-electron chi connectivity index (χ3n) is 5.97. The molecule has 6 rings (SSSR count). The molecule has 0 saturated carbocycles. The highest BCUT2D eigenvalue weighted by Gasteiger charge is 2.38. The Kier molecular flexibility index (Phi) is 3.59. The highest BCUT2D eigenvalue weighted by Crippen LogP contribution is 2.39. The zero-order valence-corrected chi connectivity index (χ0v) is 16.4. The number of nitrogens with zero attached hydrogens (tertiary/aromatic N) is 4. The molecule has 1 aliphatic rings. The van der Waals surface area contributed by atoms with Crippen LogP contribution in [-0.4, -0.2) is 36.9 Å². The van der Waals surface area contributed by atoms with Crippen molar-refractivity contribution >= 4 is 22.4 Å². The van der Waals surface area contributed by atoms with Crippen molar-refractivity contribution < 1.29 is 9.21 Å². The van der Waals surface area contributed by atoms with Crippen molar-refractivity contribution in [2.75, 3.05) is 6.54 Å². The van der Waals surface area contributed by atoms with Crippen LogP contribution in [0.4, 0.5) is 0 Å². The maximum absolute atomic E-state index is 13.7. The maximum atomic E-state index is 13.7. The number of aryl methyl sites for hydroxylation is 1. The van der Waals surface area contributed by atoms with Crippen molar-refractivity contribution in [2.24, 2.45) is 0 Å². The van der Waals surface area contributed by atoms with Crippen LogP contribution < -0.4 is 0 Å². The van der Waals surface area contributed by atoms with Crippen LogP contribution in [0.1, 0.15) is 39.1 Å². The maximum Gasteiger partial charge on any atom is 0.258 e. The molecule has 0 radical (unpaired) electrons. The molecular weight excluding hydrogens is 378 g/mol. The molecule has 0 bridgehead atoms. The highest BCUT2D eigenvalue weighted by atomic mass is 16.3. The summed E-state index contributed by atoms with van der Waals surface area (Å²) in [6.45, 7) is 2.61. The number of carbonyl (C=O) groups excluding carboxylic acids is 1. The van der Waals surface area contributed by atoms with E-state index in [-0.39, 0.29) is 5.91 Å². The zero-order chi connectivity index (χ0) is 20.2. The summed E-state index contributed by atoms with van der Waals surface area (Å²) in [6, 6.07) is 13.3. The van der Waals surface area contributed by atoms with Crippen molar-refractivity contribution in [2.45, 2.75) is 19.4 Å². The molecule has 7 heteroatoms. The number of nitrogens with one attached hydrogen (secondary N) is 1. The van der Waals surface area contributed by atoms with Gasteiger partial charge in [0.2, 0.25) is 0 Å². The molecule has 0 fully saturated rings. The normalized spacial score (nSPS) is 16.3. The lowest BCUT2D eigenvalue weighted by Crippen LogP contribution is -2.40. The van der Waals surface area contributed by atoms with E-state index in [4.69, 9.17) is 4.42 Å². The second-order valence-corrected chi connectivity index (χ2v) is 7.59. The number of fused-ring (bicyclic) bond motifs is 3. The lowest BCUT2D eigenvalue weighted by atomic mass is 9.96. The number of para-hydroxylation sites is 1. The molecule has 1 aliphatic heterocycles. The first kappa shape index (κ1) is 17.0. The van der Waals surface area contributed by atoms with Crippen LogP contribution >= 0.6 is 0 Å². The molecule has 1 amide bonds. The fraction of sp³-hybridized carbons (Fsp3) is 0.174. The quantitative estimate of drug-likeness (QED) is 0.490. The number of H-pyrrole nitrogens is 1. The van der Waals surface area contributed by atoms with Crippen LogP contribution in [0.5, 0.6) is 0 Å². The van der Waals surface area contributed by atoms with Crippen LogP contribution in [0, 0.1) is 6.92 Å². The number of furan rings is 1. The van der Waals surface area contributed by atoms with E-state index in [0.29, 0.717) is 12.1 Å². The smallest absolute Gasteiger partial charge is 0.258 e. The Labute approximate surface area is 171 Å². The molecule has 30 heavy (non-hydrogen) atoms. The number of benzene rings is 1. The molecule has 1 N–H and O–H groups in total. The summed E-state index contributed by atoms with van der Waals surface area (Å²) in [6.07, 6.45) is 5.89. The Hall–Kier alpha value is -3.87. The molecule has 0 unspecified atom stereocenters. The van der Waals surface area contributed by atoms with Gasteiger partial charge in [-0.2, -0.15) is 5.10 Å². The number of hydrogen-bond acceptors (Lipinski definition) is 4. The Morgan fingerprint density at radius 1 is 1.20 bits per heavy atom. The first-order valence-corrected chi connectivity index (χ1v) is 9.96. The molecule has 1 aromatic carbocycles. The van der Waals surface area contributed by atoms with E-state index in [1.54, 1.807) is 17.0 Å². The zero-order valence-electron chi connectivity index (χ0n) is 16.4. The molecule has 148 valence electrons. The van der Waals surface area contributed by atoms with Gasteiger partial charge < -0.3 is 14.3 Å². The van der Waals surface area contributed by atoms with E-state index >= 15 is 0 Å². The average molecular weight is 397 g/mol. The molecule has 5 heterocycles. The molecule has 0 spiro atoms. The van der Waals surface area contributed by atoms with Gasteiger partial charge in [0.1, 0.15) is 17.4 Å². The van der Waals surface area contributed by atoms with E-state index in [0.717, 1.165) is 45.6 Å². The van der Waals surface area contributed by atoms with Gasteiger partial charge in [0, 0.05) is 35.8 Å². The van der Waals surface area contributed by atoms with Crippen LogP contribution in [0.25, 0.3) is 16.5 Å². The standard InChI is InChI=1S/C23H19N5O2/c1-14-15-6-2-3-8-19(15)30-22(14)21-20-17(24-13-25-20)9-11-27(21)23(29)16-12-26-28-10-5-4-7-18(16)28/h2-8,10,12-13,21H,9,11H2,1H3,(H,24,25)/t21-/m1/s1. The first-order chi connectivity index (χ1) is 14.7.